The number of halogens is 1. The Morgan fingerprint density at radius 3 is 2.39 bits per heavy atom. The fraction of sp³-hybridized carbons (Fsp3) is 0.500. The van der Waals surface area contributed by atoms with Gasteiger partial charge in [-0.2, -0.15) is 0 Å². The summed E-state index contributed by atoms with van der Waals surface area (Å²) in [5.41, 5.74) is 1.06. The molecule has 1 aromatic heterocycles. The molecule has 0 aliphatic carbocycles. The van der Waals surface area contributed by atoms with Crippen molar-refractivity contribution >= 4 is 17.9 Å². The van der Waals surface area contributed by atoms with E-state index >= 15 is 0 Å². The van der Waals surface area contributed by atoms with Crippen molar-refractivity contribution in [3.63, 3.8) is 0 Å². The van der Waals surface area contributed by atoms with E-state index in [1.54, 1.807) is 4.68 Å². The van der Waals surface area contributed by atoms with E-state index < -0.39 is 0 Å². The quantitative estimate of drug-likeness (QED) is 0.801. The molecule has 1 aromatic carbocycles. The molecule has 0 spiro atoms. The van der Waals surface area contributed by atoms with Crippen molar-refractivity contribution in [2.45, 2.75) is 26.4 Å². The molecule has 1 aliphatic heterocycles. The van der Waals surface area contributed by atoms with Gasteiger partial charge in [0.2, 0.25) is 5.89 Å². The molecule has 0 amide bonds. The SMILES string of the molecule is CC(C)c1nn(CN2CCN(c3ccc(F)cc3)CC2)c(=S)o1. The van der Waals surface area contributed by atoms with Crippen molar-refractivity contribution in [1.82, 2.24) is 14.7 Å². The Morgan fingerprint density at radius 1 is 1.17 bits per heavy atom. The molecule has 1 aliphatic rings. The maximum atomic E-state index is 13.0. The van der Waals surface area contributed by atoms with E-state index in [1.807, 2.05) is 26.0 Å². The molecule has 7 heteroatoms. The highest BCUT2D eigenvalue weighted by Gasteiger charge is 2.19. The molecule has 1 saturated heterocycles. The van der Waals surface area contributed by atoms with Gasteiger partial charge in [-0.3, -0.25) is 4.90 Å². The molecule has 23 heavy (non-hydrogen) atoms. The van der Waals surface area contributed by atoms with Crippen LogP contribution < -0.4 is 4.90 Å². The number of anilines is 1. The third-order valence-electron chi connectivity index (χ3n) is 4.01. The van der Waals surface area contributed by atoms with Crippen LogP contribution in [0.4, 0.5) is 10.1 Å². The van der Waals surface area contributed by atoms with Crippen LogP contribution in [0.2, 0.25) is 0 Å². The van der Waals surface area contributed by atoms with Crippen LogP contribution in [0.25, 0.3) is 0 Å². The van der Waals surface area contributed by atoms with Crippen LogP contribution in [0, 0.1) is 10.7 Å². The summed E-state index contributed by atoms with van der Waals surface area (Å²) in [5, 5.41) is 4.44. The average Bonchev–Trinajstić information content (AvgIpc) is 2.90. The zero-order chi connectivity index (χ0) is 16.4. The monoisotopic (exact) mass is 336 g/mol. The minimum atomic E-state index is -0.200. The normalized spacial score (nSPS) is 16.3. The zero-order valence-corrected chi connectivity index (χ0v) is 14.2. The van der Waals surface area contributed by atoms with Gasteiger partial charge in [0.15, 0.2) is 0 Å². The molecule has 5 nitrogen and oxygen atoms in total. The van der Waals surface area contributed by atoms with Crippen LogP contribution in [0.5, 0.6) is 0 Å². The predicted molar refractivity (Wildman–Crippen MR) is 89.6 cm³/mol. The van der Waals surface area contributed by atoms with Crippen LogP contribution in [-0.4, -0.2) is 40.9 Å². The standard InChI is InChI=1S/C16H21FN4OS/c1-12(2)15-18-21(16(23)22-15)11-19-7-9-20(10-8-19)14-5-3-13(17)4-6-14/h3-6,12H,7-11H2,1-2H3. The summed E-state index contributed by atoms with van der Waals surface area (Å²) in [4.78, 5) is 4.98. The summed E-state index contributed by atoms with van der Waals surface area (Å²) in [6.45, 7) is 8.32. The molecular formula is C16H21FN4OS. The topological polar surface area (TPSA) is 37.4 Å². The molecule has 1 fully saturated rings. The van der Waals surface area contributed by atoms with Crippen molar-refractivity contribution in [3.05, 3.63) is 40.8 Å². The van der Waals surface area contributed by atoms with Gasteiger partial charge in [0.05, 0.1) is 6.67 Å². The van der Waals surface area contributed by atoms with Crippen LogP contribution in [-0.2, 0) is 6.67 Å². The van der Waals surface area contributed by atoms with Gasteiger partial charge in [-0.25, -0.2) is 9.07 Å². The Labute approximate surface area is 140 Å². The number of nitrogens with zero attached hydrogens (tertiary/aromatic N) is 4. The first-order chi connectivity index (χ1) is 11.0. The lowest BCUT2D eigenvalue weighted by Crippen LogP contribution is -2.47. The van der Waals surface area contributed by atoms with Gasteiger partial charge >= 0.3 is 0 Å². The van der Waals surface area contributed by atoms with Crippen LogP contribution in [0.1, 0.15) is 25.7 Å². The van der Waals surface area contributed by atoms with Gasteiger partial charge in [0, 0.05) is 37.8 Å². The van der Waals surface area contributed by atoms with Gasteiger partial charge in [0.1, 0.15) is 5.82 Å². The van der Waals surface area contributed by atoms with Gasteiger partial charge in [-0.05, 0) is 36.5 Å². The second-order valence-electron chi connectivity index (χ2n) is 6.08. The Balaban J connectivity index is 1.59. The average molecular weight is 336 g/mol. The third kappa shape index (κ3) is 3.79. The fourth-order valence-corrected chi connectivity index (χ4v) is 2.82. The van der Waals surface area contributed by atoms with E-state index in [4.69, 9.17) is 16.6 Å². The first-order valence-corrected chi connectivity index (χ1v) is 8.24. The van der Waals surface area contributed by atoms with Crippen LogP contribution in [0.3, 0.4) is 0 Å². The van der Waals surface area contributed by atoms with Crippen molar-refractivity contribution in [3.8, 4) is 0 Å². The summed E-state index contributed by atoms with van der Waals surface area (Å²) in [6.07, 6.45) is 0. The lowest BCUT2D eigenvalue weighted by Gasteiger charge is -2.35. The lowest BCUT2D eigenvalue weighted by atomic mass is 10.2. The second-order valence-corrected chi connectivity index (χ2v) is 6.43. The van der Waals surface area contributed by atoms with E-state index in [-0.39, 0.29) is 11.7 Å². The fourth-order valence-electron chi connectivity index (χ4n) is 2.63. The van der Waals surface area contributed by atoms with Crippen molar-refractivity contribution < 1.29 is 8.81 Å². The summed E-state index contributed by atoms with van der Waals surface area (Å²) in [6, 6.07) is 6.66. The van der Waals surface area contributed by atoms with Crippen LogP contribution in [0.15, 0.2) is 28.7 Å². The van der Waals surface area contributed by atoms with E-state index in [2.05, 4.69) is 14.9 Å². The summed E-state index contributed by atoms with van der Waals surface area (Å²) >= 11 is 5.23. The first-order valence-electron chi connectivity index (χ1n) is 7.83. The first kappa shape index (κ1) is 16.1. The number of aromatic nitrogens is 2. The molecule has 0 N–H and O–H groups in total. The molecule has 0 atom stereocenters. The van der Waals surface area contributed by atoms with Crippen molar-refractivity contribution in [2.75, 3.05) is 31.1 Å². The molecule has 2 aromatic rings. The van der Waals surface area contributed by atoms with E-state index in [9.17, 15) is 4.39 Å². The van der Waals surface area contributed by atoms with E-state index in [1.165, 1.54) is 12.1 Å². The van der Waals surface area contributed by atoms with Gasteiger partial charge in [-0.15, -0.1) is 5.10 Å². The molecule has 0 unspecified atom stereocenters. The molecule has 124 valence electrons. The van der Waals surface area contributed by atoms with Crippen molar-refractivity contribution in [2.24, 2.45) is 0 Å². The minimum absolute atomic E-state index is 0.200. The molecule has 2 heterocycles. The number of benzene rings is 1. The molecule has 0 saturated carbocycles. The Morgan fingerprint density at radius 2 is 1.83 bits per heavy atom. The summed E-state index contributed by atoms with van der Waals surface area (Å²) in [5.74, 6) is 0.710. The maximum Gasteiger partial charge on any atom is 0.288 e. The third-order valence-corrected chi connectivity index (χ3v) is 4.31. The Hall–Kier alpha value is -1.73. The highest BCUT2D eigenvalue weighted by Crippen LogP contribution is 2.18. The second kappa shape index (κ2) is 6.80. The Kier molecular flexibility index (Phi) is 4.77. The summed E-state index contributed by atoms with van der Waals surface area (Å²) < 4.78 is 20.3. The highest BCUT2D eigenvalue weighted by molar-refractivity contribution is 7.71. The minimum Gasteiger partial charge on any atom is -0.414 e. The molecule has 3 rings (SSSR count). The van der Waals surface area contributed by atoms with Crippen LogP contribution >= 0.6 is 12.2 Å². The smallest absolute Gasteiger partial charge is 0.288 e. The highest BCUT2D eigenvalue weighted by atomic mass is 32.1. The largest absolute Gasteiger partial charge is 0.414 e. The molecule has 0 radical (unpaired) electrons. The van der Waals surface area contributed by atoms with E-state index in [0.717, 1.165) is 31.9 Å². The lowest BCUT2D eigenvalue weighted by molar-refractivity contribution is 0.192. The van der Waals surface area contributed by atoms with E-state index in [0.29, 0.717) is 17.4 Å². The zero-order valence-electron chi connectivity index (χ0n) is 13.4. The molecular weight excluding hydrogens is 315 g/mol. The molecule has 0 bridgehead atoms. The van der Waals surface area contributed by atoms with Gasteiger partial charge in [-0.1, -0.05) is 13.8 Å². The Bertz CT molecular complexity index is 702. The van der Waals surface area contributed by atoms with Gasteiger partial charge in [0.25, 0.3) is 4.84 Å². The van der Waals surface area contributed by atoms with Crippen molar-refractivity contribution in [1.29, 1.82) is 0 Å². The maximum absolute atomic E-state index is 13.0. The van der Waals surface area contributed by atoms with Gasteiger partial charge < -0.3 is 9.32 Å². The number of hydrogen-bond donors (Lipinski definition) is 0. The predicted octanol–water partition coefficient (Wildman–Crippen LogP) is 3.25. The number of rotatable bonds is 4. The number of hydrogen-bond acceptors (Lipinski definition) is 5. The summed E-state index contributed by atoms with van der Waals surface area (Å²) in [7, 11) is 0. The number of piperazine rings is 1.